The lowest BCUT2D eigenvalue weighted by Gasteiger charge is -2.03. The summed E-state index contributed by atoms with van der Waals surface area (Å²) < 4.78 is 0. The standard InChI is InChI=1S/C15H12Cl2OS2/c16-12-4-5-14(17)15(8-12)20-10-13-7-11(9-19-13)3-1-2-6-18/h4-5,7-9,18H,2,6,10H2. The second kappa shape index (κ2) is 7.97. The Labute approximate surface area is 136 Å². The number of thioether (sulfide) groups is 1. The van der Waals surface area contributed by atoms with Crippen LogP contribution >= 0.6 is 46.3 Å². The van der Waals surface area contributed by atoms with Gasteiger partial charge in [0.1, 0.15) is 0 Å². The van der Waals surface area contributed by atoms with Crippen LogP contribution in [-0.4, -0.2) is 11.7 Å². The van der Waals surface area contributed by atoms with Gasteiger partial charge in [0.05, 0.1) is 11.6 Å². The maximum absolute atomic E-state index is 8.68. The smallest absolute Gasteiger partial charge is 0.0543 e. The van der Waals surface area contributed by atoms with Crippen LogP contribution in [0.4, 0.5) is 0 Å². The fourth-order valence-electron chi connectivity index (χ4n) is 1.48. The first-order chi connectivity index (χ1) is 9.69. The third-order valence-electron chi connectivity index (χ3n) is 2.39. The Balaban J connectivity index is 1.98. The summed E-state index contributed by atoms with van der Waals surface area (Å²) in [5.74, 6) is 6.78. The summed E-state index contributed by atoms with van der Waals surface area (Å²) in [6, 6.07) is 7.55. The van der Waals surface area contributed by atoms with Gasteiger partial charge in [-0.25, -0.2) is 0 Å². The van der Waals surface area contributed by atoms with Gasteiger partial charge in [0.25, 0.3) is 0 Å². The molecule has 5 heteroatoms. The number of rotatable bonds is 4. The molecule has 0 bridgehead atoms. The zero-order valence-corrected chi connectivity index (χ0v) is 13.7. The van der Waals surface area contributed by atoms with Gasteiger partial charge in [-0.1, -0.05) is 35.0 Å². The van der Waals surface area contributed by atoms with E-state index in [-0.39, 0.29) is 6.61 Å². The number of hydrogen-bond acceptors (Lipinski definition) is 3. The second-order valence-corrected chi connectivity index (χ2v) is 6.80. The molecule has 0 saturated heterocycles. The summed E-state index contributed by atoms with van der Waals surface area (Å²) in [5.41, 5.74) is 0.997. The minimum Gasteiger partial charge on any atom is -0.395 e. The topological polar surface area (TPSA) is 20.2 Å². The van der Waals surface area contributed by atoms with E-state index in [4.69, 9.17) is 28.3 Å². The molecule has 0 saturated carbocycles. The molecule has 2 rings (SSSR count). The molecule has 0 atom stereocenters. The average molecular weight is 343 g/mol. The first-order valence-corrected chi connectivity index (χ1v) is 8.56. The summed E-state index contributed by atoms with van der Waals surface area (Å²) >= 11 is 15.4. The molecule has 0 amide bonds. The van der Waals surface area contributed by atoms with Gasteiger partial charge in [0.2, 0.25) is 0 Å². The van der Waals surface area contributed by atoms with Crippen molar-refractivity contribution in [3.05, 3.63) is 50.1 Å². The normalized spacial score (nSPS) is 10.2. The highest BCUT2D eigenvalue weighted by molar-refractivity contribution is 7.98. The fraction of sp³-hybridized carbons (Fsp3) is 0.200. The van der Waals surface area contributed by atoms with E-state index < -0.39 is 0 Å². The molecule has 2 aromatic rings. The Kier molecular flexibility index (Phi) is 6.28. The molecule has 20 heavy (non-hydrogen) atoms. The van der Waals surface area contributed by atoms with Gasteiger partial charge in [0.15, 0.2) is 0 Å². The van der Waals surface area contributed by atoms with E-state index in [1.54, 1.807) is 29.2 Å². The third-order valence-corrected chi connectivity index (χ3v) is 5.29. The molecule has 1 aromatic carbocycles. The van der Waals surface area contributed by atoms with Crippen LogP contribution in [0.5, 0.6) is 0 Å². The Bertz CT molecular complexity index is 641. The van der Waals surface area contributed by atoms with E-state index in [2.05, 4.69) is 17.9 Å². The average Bonchev–Trinajstić information content (AvgIpc) is 2.88. The van der Waals surface area contributed by atoms with E-state index in [1.807, 2.05) is 17.5 Å². The van der Waals surface area contributed by atoms with Crippen molar-refractivity contribution >= 4 is 46.3 Å². The molecule has 1 nitrogen and oxygen atoms in total. The van der Waals surface area contributed by atoms with Gasteiger partial charge >= 0.3 is 0 Å². The SMILES string of the molecule is OCCC#Cc1csc(CSc2cc(Cl)ccc2Cl)c1. The predicted molar refractivity (Wildman–Crippen MR) is 88.9 cm³/mol. The molecule has 104 valence electrons. The van der Waals surface area contributed by atoms with Crippen molar-refractivity contribution in [2.45, 2.75) is 17.1 Å². The van der Waals surface area contributed by atoms with Crippen molar-refractivity contribution in [2.24, 2.45) is 0 Å². The highest BCUT2D eigenvalue weighted by Crippen LogP contribution is 2.33. The van der Waals surface area contributed by atoms with Gasteiger partial charge in [-0.2, -0.15) is 0 Å². The van der Waals surface area contributed by atoms with Crippen LogP contribution in [0.15, 0.2) is 34.5 Å². The lowest BCUT2D eigenvalue weighted by Crippen LogP contribution is -1.78. The van der Waals surface area contributed by atoms with Crippen molar-refractivity contribution in [2.75, 3.05) is 6.61 Å². The largest absolute Gasteiger partial charge is 0.395 e. The molecular formula is C15H12Cl2OS2. The van der Waals surface area contributed by atoms with Gasteiger partial charge in [-0.15, -0.1) is 23.1 Å². The molecule has 0 aliphatic heterocycles. The molecule has 0 radical (unpaired) electrons. The Morgan fingerprint density at radius 2 is 2.10 bits per heavy atom. The molecule has 0 unspecified atom stereocenters. The quantitative estimate of drug-likeness (QED) is 0.617. The van der Waals surface area contributed by atoms with E-state index >= 15 is 0 Å². The molecule has 0 fully saturated rings. The summed E-state index contributed by atoms with van der Waals surface area (Å²) in [6.45, 7) is 0.104. The van der Waals surface area contributed by atoms with E-state index in [9.17, 15) is 0 Å². The number of hydrogen-bond donors (Lipinski definition) is 1. The highest BCUT2D eigenvalue weighted by atomic mass is 35.5. The van der Waals surface area contributed by atoms with Gasteiger partial charge < -0.3 is 5.11 Å². The monoisotopic (exact) mass is 342 g/mol. The van der Waals surface area contributed by atoms with Crippen LogP contribution in [-0.2, 0) is 5.75 Å². The van der Waals surface area contributed by atoms with Crippen LogP contribution in [0.3, 0.4) is 0 Å². The zero-order valence-electron chi connectivity index (χ0n) is 10.5. The Hall–Kier alpha value is -0.630. The maximum Gasteiger partial charge on any atom is 0.0543 e. The lowest BCUT2D eigenvalue weighted by molar-refractivity contribution is 0.305. The van der Waals surface area contributed by atoms with Gasteiger partial charge in [-0.05, 0) is 24.3 Å². The highest BCUT2D eigenvalue weighted by Gasteiger charge is 2.04. The molecule has 1 aromatic heterocycles. The van der Waals surface area contributed by atoms with Crippen LogP contribution < -0.4 is 0 Å². The number of thiophene rings is 1. The van der Waals surface area contributed by atoms with Crippen molar-refractivity contribution in [3.63, 3.8) is 0 Å². The first kappa shape index (κ1) is 15.8. The fourth-order valence-corrected chi connectivity index (χ4v) is 3.84. The lowest BCUT2D eigenvalue weighted by atomic mass is 10.3. The minimum atomic E-state index is 0.104. The van der Waals surface area contributed by atoms with Gasteiger partial charge in [-0.3, -0.25) is 0 Å². The van der Waals surface area contributed by atoms with Gasteiger partial charge in [0, 0.05) is 37.9 Å². The molecular weight excluding hydrogens is 331 g/mol. The molecule has 1 heterocycles. The number of aliphatic hydroxyl groups excluding tert-OH is 1. The van der Waals surface area contributed by atoms with E-state index in [1.165, 1.54) is 4.88 Å². The molecule has 0 spiro atoms. The third kappa shape index (κ3) is 4.73. The summed E-state index contributed by atoms with van der Waals surface area (Å²) in [5, 5.41) is 12.1. The number of benzene rings is 1. The Morgan fingerprint density at radius 1 is 1.25 bits per heavy atom. The van der Waals surface area contributed by atoms with Crippen LogP contribution in [0.25, 0.3) is 0 Å². The van der Waals surface area contributed by atoms with Crippen molar-refractivity contribution in [1.29, 1.82) is 0 Å². The van der Waals surface area contributed by atoms with E-state index in [0.717, 1.165) is 21.2 Å². The predicted octanol–water partition coefficient (Wildman–Crippen LogP) is 5.08. The molecule has 0 aliphatic carbocycles. The first-order valence-electron chi connectivity index (χ1n) is 5.94. The van der Waals surface area contributed by atoms with Crippen LogP contribution in [0.2, 0.25) is 10.0 Å². The summed E-state index contributed by atoms with van der Waals surface area (Å²) in [7, 11) is 0. The summed E-state index contributed by atoms with van der Waals surface area (Å²) in [4.78, 5) is 2.22. The summed E-state index contributed by atoms with van der Waals surface area (Å²) in [6.07, 6.45) is 0.512. The second-order valence-electron chi connectivity index (χ2n) is 3.94. The molecule has 1 N–H and O–H groups in total. The van der Waals surface area contributed by atoms with Crippen molar-refractivity contribution < 1.29 is 5.11 Å². The van der Waals surface area contributed by atoms with Crippen molar-refractivity contribution in [1.82, 2.24) is 0 Å². The minimum absolute atomic E-state index is 0.104. The number of aliphatic hydroxyl groups is 1. The maximum atomic E-state index is 8.68. The zero-order chi connectivity index (χ0) is 14.4. The Morgan fingerprint density at radius 3 is 2.90 bits per heavy atom. The van der Waals surface area contributed by atoms with E-state index in [0.29, 0.717) is 11.4 Å². The molecule has 0 aliphatic rings. The van der Waals surface area contributed by atoms with Crippen LogP contribution in [0, 0.1) is 11.8 Å². The van der Waals surface area contributed by atoms with Crippen molar-refractivity contribution in [3.8, 4) is 11.8 Å². The van der Waals surface area contributed by atoms with Crippen LogP contribution in [0.1, 0.15) is 16.9 Å². The number of halogens is 2.